The number of nitrogens with one attached hydrogen (secondary N) is 1. The van der Waals surface area contributed by atoms with Gasteiger partial charge in [0.2, 0.25) is 11.0 Å². The third-order valence-electron chi connectivity index (χ3n) is 5.55. The largest absolute Gasteiger partial charge is 0.355 e. The first-order valence-electron chi connectivity index (χ1n) is 11.3. The lowest BCUT2D eigenvalue weighted by atomic mass is 10.1. The molecule has 30 heavy (non-hydrogen) atoms. The van der Waals surface area contributed by atoms with Crippen LogP contribution in [0.25, 0.3) is 0 Å². The van der Waals surface area contributed by atoms with Gasteiger partial charge in [0.25, 0.3) is 0 Å². The van der Waals surface area contributed by atoms with Gasteiger partial charge in [-0.05, 0) is 44.8 Å². The van der Waals surface area contributed by atoms with Crippen LogP contribution in [0.5, 0.6) is 0 Å². The molecule has 0 saturated carbocycles. The fourth-order valence-corrected chi connectivity index (χ4v) is 4.41. The Morgan fingerprint density at radius 2 is 1.97 bits per heavy atom. The first-order chi connectivity index (χ1) is 14.6. The topological polar surface area (TPSA) is 61.4 Å². The van der Waals surface area contributed by atoms with Gasteiger partial charge in [0.1, 0.15) is 5.82 Å². The fourth-order valence-electron chi connectivity index (χ4n) is 3.67. The van der Waals surface area contributed by atoms with Crippen molar-refractivity contribution in [3.63, 3.8) is 0 Å². The molecular formula is C23H35N5OS. The second kappa shape index (κ2) is 12.0. The number of aryl methyl sites for hydroxylation is 1. The van der Waals surface area contributed by atoms with Crippen LogP contribution in [0.1, 0.15) is 56.0 Å². The van der Waals surface area contributed by atoms with Crippen molar-refractivity contribution in [3.05, 3.63) is 41.2 Å². The monoisotopic (exact) mass is 429 g/mol. The normalized spacial score (nSPS) is 14.2. The van der Waals surface area contributed by atoms with Gasteiger partial charge in [-0.3, -0.25) is 4.79 Å². The fraction of sp³-hybridized carbons (Fsp3) is 0.609. The Morgan fingerprint density at radius 3 is 2.70 bits per heavy atom. The SMILES string of the molecule is CCCCN(CCC(=O)NCCN1CCCC1)c1nc(Cc2ccc(C)cc2)ns1. The number of aromatic nitrogens is 2. The molecule has 0 bridgehead atoms. The lowest BCUT2D eigenvalue weighted by Crippen LogP contribution is -2.35. The first-order valence-corrected chi connectivity index (χ1v) is 12.0. The molecule has 1 aliphatic rings. The predicted octanol–water partition coefficient (Wildman–Crippen LogP) is 3.65. The number of unbranched alkanes of at least 4 members (excludes halogenated alkanes) is 1. The van der Waals surface area contributed by atoms with E-state index >= 15 is 0 Å². The van der Waals surface area contributed by atoms with E-state index in [9.17, 15) is 4.79 Å². The summed E-state index contributed by atoms with van der Waals surface area (Å²) in [6.07, 6.45) is 6.02. The summed E-state index contributed by atoms with van der Waals surface area (Å²) in [5.41, 5.74) is 2.48. The summed E-state index contributed by atoms with van der Waals surface area (Å²) in [5.74, 6) is 0.982. The van der Waals surface area contributed by atoms with Crippen molar-refractivity contribution in [2.24, 2.45) is 0 Å². The molecular weight excluding hydrogens is 394 g/mol. The molecule has 0 unspecified atom stereocenters. The van der Waals surface area contributed by atoms with Crippen molar-refractivity contribution < 1.29 is 4.79 Å². The lowest BCUT2D eigenvalue weighted by Gasteiger charge is -2.21. The third kappa shape index (κ3) is 7.36. The number of likely N-dealkylation sites (tertiary alicyclic amines) is 1. The van der Waals surface area contributed by atoms with Gasteiger partial charge in [-0.25, -0.2) is 4.98 Å². The molecule has 0 aliphatic carbocycles. The van der Waals surface area contributed by atoms with E-state index in [4.69, 9.17) is 4.98 Å². The number of rotatable bonds is 12. The summed E-state index contributed by atoms with van der Waals surface area (Å²) in [6, 6.07) is 8.52. The van der Waals surface area contributed by atoms with Crippen LogP contribution in [-0.2, 0) is 11.2 Å². The maximum Gasteiger partial charge on any atom is 0.221 e. The number of carbonyl (C=O) groups excluding carboxylic acids is 1. The molecule has 0 spiro atoms. The molecule has 0 atom stereocenters. The Bertz CT molecular complexity index is 770. The minimum absolute atomic E-state index is 0.125. The number of amides is 1. The zero-order valence-corrected chi connectivity index (χ0v) is 19.2. The standard InChI is InChI=1S/C23H35N5OS/c1-3-4-15-28(16-11-22(29)24-12-17-27-13-5-6-14-27)23-25-21(26-30-23)18-20-9-7-19(2)8-10-20/h7-10H,3-6,11-18H2,1-2H3,(H,24,29). The molecule has 1 amide bonds. The van der Waals surface area contributed by atoms with Gasteiger partial charge >= 0.3 is 0 Å². The van der Waals surface area contributed by atoms with Gasteiger partial charge in [0.05, 0.1) is 0 Å². The number of benzene rings is 1. The zero-order chi connectivity index (χ0) is 21.2. The third-order valence-corrected chi connectivity index (χ3v) is 6.36. The molecule has 1 saturated heterocycles. The second-order valence-corrected chi connectivity index (χ2v) is 8.88. The quantitative estimate of drug-likeness (QED) is 0.558. The summed E-state index contributed by atoms with van der Waals surface area (Å²) in [6.45, 7) is 9.93. The minimum Gasteiger partial charge on any atom is -0.355 e. The lowest BCUT2D eigenvalue weighted by molar-refractivity contribution is -0.120. The summed E-state index contributed by atoms with van der Waals surface area (Å²) in [7, 11) is 0. The molecule has 1 N–H and O–H groups in total. The number of hydrogen-bond acceptors (Lipinski definition) is 6. The van der Waals surface area contributed by atoms with Crippen LogP contribution in [0, 0.1) is 6.92 Å². The van der Waals surface area contributed by atoms with Crippen molar-refractivity contribution in [3.8, 4) is 0 Å². The molecule has 1 fully saturated rings. The Balaban J connectivity index is 1.48. The van der Waals surface area contributed by atoms with Crippen molar-refractivity contribution in [1.82, 2.24) is 19.6 Å². The van der Waals surface area contributed by atoms with Crippen LogP contribution in [0.15, 0.2) is 24.3 Å². The van der Waals surface area contributed by atoms with Crippen molar-refractivity contribution in [1.29, 1.82) is 0 Å². The van der Waals surface area contributed by atoms with Crippen molar-refractivity contribution >= 4 is 22.6 Å². The van der Waals surface area contributed by atoms with E-state index in [-0.39, 0.29) is 5.91 Å². The molecule has 0 radical (unpaired) electrons. The molecule has 2 aromatic rings. The van der Waals surface area contributed by atoms with E-state index in [1.54, 1.807) is 0 Å². The van der Waals surface area contributed by atoms with Gasteiger partial charge in [0, 0.05) is 50.6 Å². The molecule has 3 rings (SSSR count). The van der Waals surface area contributed by atoms with Crippen LogP contribution in [0.3, 0.4) is 0 Å². The van der Waals surface area contributed by atoms with Crippen LogP contribution in [0.2, 0.25) is 0 Å². The second-order valence-electron chi connectivity index (χ2n) is 8.14. The highest BCUT2D eigenvalue weighted by molar-refractivity contribution is 7.09. The maximum absolute atomic E-state index is 12.3. The van der Waals surface area contributed by atoms with Crippen LogP contribution >= 0.6 is 11.5 Å². The number of carbonyl (C=O) groups is 1. The molecule has 164 valence electrons. The van der Waals surface area contributed by atoms with E-state index in [2.05, 4.69) is 57.6 Å². The molecule has 1 aliphatic heterocycles. The Morgan fingerprint density at radius 1 is 1.20 bits per heavy atom. The average Bonchev–Trinajstić information content (AvgIpc) is 3.42. The van der Waals surface area contributed by atoms with Gasteiger partial charge in [-0.15, -0.1) is 0 Å². The molecule has 1 aromatic carbocycles. The molecule has 6 nitrogen and oxygen atoms in total. The highest BCUT2D eigenvalue weighted by Gasteiger charge is 2.15. The predicted molar refractivity (Wildman–Crippen MR) is 124 cm³/mol. The maximum atomic E-state index is 12.3. The summed E-state index contributed by atoms with van der Waals surface area (Å²) >= 11 is 1.44. The van der Waals surface area contributed by atoms with E-state index < -0.39 is 0 Å². The Kier molecular flexibility index (Phi) is 9.08. The van der Waals surface area contributed by atoms with Crippen LogP contribution < -0.4 is 10.2 Å². The smallest absolute Gasteiger partial charge is 0.221 e. The average molecular weight is 430 g/mol. The van der Waals surface area contributed by atoms with E-state index in [0.29, 0.717) is 13.0 Å². The summed E-state index contributed by atoms with van der Waals surface area (Å²) in [5, 5.41) is 4.00. The van der Waals surface area contributed by atoms with Crippen molar-refractivity contribution in [2.75, 3.05) is 44.2 Å². The van der Waals surface area contributed by atoms with Gasteiger partial charge in [-0.1, -0.05) is 43.2 Å². The van der Waals surface area contributed by atoms with Gasteiger partial charge < -0.3 is 15.1 Å². The van der Waals surface area contributed by atoms with E-state index in [0.717, 1.165) is 49.9 Å². The molecule has 7 heteroatoms. The number of anilines is 1. The Labute approximate surface area is 184 Å². The highest BCUT2D eigenvalue weighted by atomic mass is 32.1. The van der Waals surface area contributed by atoms with Crippen LogP contribution in [0.4, 0.5) is 5.13 Å². The van der Waals surface area contributed by atoms with Gasteiger partial charge in [-0.2, -0.15) is 4.37 Å². The summed E-state index contributed by atoms with van der Waals surface area (Å²) in [4.78, 5) is 21.7. The van der Waals surface area contributed by atoms with E-state index in [1.807, 2.05) is 0 Å². The van der Waals surface area contributed by atoms with Crippen LogP contribution in [-0.4, -0.2) is 59.4 Å². The van der Waals surface area contributed by atoms with Gasteiger partial charge in [0.15, 0.2) is 0 Å². The summed E-state index contributed by atoms with van der Waals surface area (Å²) < 4.78 is 4.57. The Hall–Kier alpha value is -1.99. The zero-order valence-electron chi connectivity index (χ0n) is 18.4. The molecule has 1 aromatic heterocycles. The molecule has 2 heterocycles. The van der Waals surface area contributed by atoms with E-state index in [1.165, 1.54) is 48.6 Å². The number of nitrogens with zero attached hydrogens (tertiary/aromatic N) is 4. The first kappa shape index (κ1) is 22.7. The number of hydrogen-bond donors (Lipinski definition) is 1. The highest BCUT2D eigenvalue weighted by Crippen LogP contribution is 2.20. The minimum atomic E-state index is 0.125. The van der Waals surface area contributed by atoms with Crippen molar-refractivity contribution in [2.45, 2.75) is 52.4 Å².